The Morgan fingerprint density at radius 3 is 2.55 bits per heavy atom. The minimum Gasteiger partial charge on any atom is -0.497 e. The van der Waals surface area contributed by atoms with Gasteiger partial charge in [0.2, 0.25) is 0 Å². The molecule has 0 aliphatic carbocycles. The summed E-state index contributed by atoms with van der Waals surface area (Å²) in [5.41, 5.74) is 1.91. The lowest BCUT2D eigenvalue weighted by Crippen LogP contribution is -2.22. The summed E-state index contributed by atoms with van der Waals surface area (Å²) in [7, 11) is 1.54. The van der Waals surface area contributed by atoms with Gasteiger partial charge in [-0.3, -0.25) is 0 Å². The van der Waals surface area contributed by atoms with Crippen molar-refractivity contribution in [2.45, 2.75) is 26.8 Å². The van der Waals surface area contributed by atoms with Crippen LogP contribution in [0.5, 0.6) is 5.75 Å². The van der Waals surface area contributed by atoms with E-state index >= 15 is 0 Å². The Balaban J connectivity index is 2.42. The predicted molar refractivity (Wildman–Crippen MR) is 82.3 cm³/mol. The molecule has 1 atom stereocenters. The van der Waals surface area contributed by atoms with E-state index in [1.807, 2.05) is 6.92 Å². The van der Waals surface area contributed by atoms with Crippen molar-refractivity contribution < 1.29 is 9.13 Å². The highest BCUT2D eigenvalue weighted by molar-refractivity contribution is 7.12. The molecule has 108 valence electrons. The highest BCUT2D eigenvalue weighted by atomic mass is 32.1. The summed E-state index contributed by atoms with van der Waals surface area (Å²) < 4.78 is 19.3. The molecule has 1 N–H and O–H groups in total. The number of rotatable bonds is 5. The summed E-state index contributed by atoms with van der Waals surface area (Å²) in [6.45, 7) is 6.99. The van der Waals surface area contributed by atoms with Crippen LogP contribution in [0, 0.1) is 19.7 Å². The molecule has 0 bridgehead atoms. The summed E-state index contributed by atoms with van der Waals surface area (Å²) >= 11 is 1.72. The maximum absolute atomic E-state index is 14.3. The lowest BCUT2D eigenvalue weighted by molar-refractivity contribution is 0.410. The Hall–Kier alpha value is -1.39. The SMILES string of the molecule is CCNC(c1cc(C)c(C)s1)c1ccc(OC)cc1F. The van der Waals surface area contributed by atoms with E-state index in [1.54, 1.807) is 30.6 Å². The molecule has 0 amide bonds. The fourth-order valence-corrected chi connectivity index (χ4v) is 3.32. The van der Waals surface area contributed by atoms with Crippen LogP contribution in [0.1, 0.15) is 33.8 Å². The van der Waals surface area contributed by atoms with Crippen molar-refractivity contribution in [1.82, 2.24) is 5.32 Å². The van der Waals surface area contributed by atoms with Gasteiger partial charge in [0.25, 0.3) is 0 Å². The zero-order valence-corrected chi connectivity index (χ0v) is 13.1. The molecule has 1 heterocycles. The molecule has 0 saturated heterocycles. The van der Waals surface area contributed by atoms with Crippen molar-refractivity contribution in [1.29, 1.82) is 0 Å². The molecule has 0 fully saturated rings. The molecule has 2 aromatic rings. The van der Waals surface area contributed by atoms with Crippen molar-refractivity contribution in [3.63, 3.8) is 0 Å². The van der Waals surface area contributed by atoms with E-state index in [4.69, 9.17) is 4.74 Å². The van der Waals surface area contributed by atoms with Crippen LogP contribution in [0.3, 0.4) is 0 Å². The summed E-state index contributed by atoms with van der Waals surface area (Å²) in [5.74, 6) is 0.305. The Kier molecular flexibility index (Phi) is 4.78. The zero-order chi connectivity index (χ0) is 14.7. The van der Waals surface area contributed by atoms with Gasteiger partial charge >= 0.3 is 0 Å². The first-order valence-corrected chi connectivity index (χ1v) is 7.52. The predicted octanol–water partition coefficient (Wildman–Crippen LogP) is 4.21. The molecule has 0 saturated carbocycles. The molecule has 1 unspecified atom stereocenters. The second-order valence-corrected chi connectivity index (χ2v) is 6.05. The van der Waals surface area contributed by atoms with Gasteiger partial charge in [-0.25, -0.2) is 4.39 Å². The Bertz CT molecular complexity index is 575. The van der Waals surface area contributed by atoms with Crippen LogP contribution in [0.15, 0.2) is 24.3 Å². The number of halogens is 1. The first-order valence-electron chi connectivity index (χ1n) is 6.70. The molecular weight excluding hydrogens is 273 g/mol. The molecule has 0 spiro atoms. The van der Waals surface area contributed by atoms with E-state index in [9.17, 15) is 4.39 Å². The maximum Gasteiger partial charge on any atom is 0.132 e. The zero-order valence-electron chi connectivity index (χ0n) is 12.3. The van der Waals surface area contributed by atoms with Gasteiger partial charge in [-0.15, -0.1) is 11.3 Å². The van der Waals surface area contributed by atoms with Gasteiger partial charge in [-0.05, 0) is 38.1 Å². The number of thiophene rings is 1. The van der Waals surface area contributed by atoms with Gasteiger partial charge in [-0.2, -0.15) is 0 Å². The van der Waals surface area contributed by atoms with E-state index < -0.39 is 0 Å². The van der Waals surface area contributed by atoms with Gasteiger partial charge in [0.05, 0.1) is 13.2 Å². The fraction of sp³-hybridized carbons (Fsp3) is 0.375. The average molecular weight is 293 g/mol. The van der Waals surface area contributed by atoms with E-state index in [1.165, 1.54) is 16.5 Å². The first kappa shape index (κ1) is 15.0. The largest absolute Gasteiger partial charge is 0.497 e. The topological polar surface area (TPSA) is 21.3 Å². The quantitative estimate of drug-likeness (QED) is 0.891. The lowest BCUT2D eigenvalue weighted by Gasteiger charge is -2.18. The van der Waals surface area contributed by atoms with E-state index in [0.29, 0.717) is 11.3 Å². The van der Waals surface area contributed by atoms with E-state index in [-0.39, 0.29) is 11.9 Å². The first-order chi connectivity index (χ1) is 9.56. The monoisotopic (exact) mass is 293 g/mol. The summed E-state index contributed by atoms with van der Waals surface area (Å²) in [6, 6.07) is 7.06. The molecule has 0 radical (unpaired) electrons. The Labute approximate surface area is 123 Å². The minimum atomic E-state index is -0.237. The molecular formula is C16H20FNOS. The van der Waals surface area contributed by atoms with Crippen LogP contribution in [-0.4, -0.2) is 13.7 Å². The smallest absolute Gasteiger partial charge is 0.132 e. The van der Waals surface area contributed by atoms with Gasteiger partial charge in [0.1, 0.15) is 11.6 Å². The van der Waals surface area contributed by atoms with Crippen molar-refractivity contribution in [3.8, 4) is 5.75 Å². The van der Waals surface area contributed by atoms with Crippen molar-refractivity contribution in [2.75, 3.05) is 13.7 Å². The summed E-state index contributed by atoms with van der Waals surface area (Å²) in [5, 5.41) is 3.36. The van der Waals surface area contributed by atoms with Gasteiger partial charge < -0.3 is 10.1 Å². The number of hydrogen-bond acceptors (Lipinski definition) is 3. The Morgan fingerprint density at radius 1 is 1.30 bits per heavy atom. The van der Waals surface area contributed by atoms with Crippen LogP contribution < -0.4 is 10.1 Å². The number of ether oxygens (including phenoxy) is 1. The molecule has 0 aliphatic rings. The number of hydrogen-bond donors (Lipinski definition) is 1. The van der Waals surface area contributed by atoms with Gasteiger partial charge in [0, 0.05) is 21.4 Å². The number of benzene rings is 1. The van der Waals surface area contributed by atoms with Crippen molar-refractivity contribution in [3.05, 3.63) is 51.0 Å². The highest BCUT2D eigenvalue weighted by Gasteiger charge is 2.20. The third-order valence-corrected chi connectivity index (χ3v) is 4.61. The van der Waals surface area contributed by atoms with Gasteiger partial charge in [0.15, 0.2) is 0 Å². The number of aryl methyl sites for hydroxylation is 2. The van der Waals surface area contributed by atoms with Gasteiger partial charge in [-0.1, -0.05) is 13.0 Å². The van der Waals surface area contributed by atoms with Crippen LogP contribution in [0.2, 0.25) is 0 Å². The fourth-order valence-electron chi connectivity index (χ4n) is 2.18. The van der Waals surface area contributed by atoms with Crippen molar-refractivity contribution >= 4 is 11.3 Å². The van der Waals surface area contributed by atoms with Crippen LogP contribution in [-0.2, 0) is 0 Å². The molecule has 2 nitrogen and oxygen atoms in total. The Morgan fingerprint density at radius 2 is 2.05 bits per heavy atom. The van der Waals surface area contributed by atoms with E-state index in [0.717, 1.165) is 11.4 Å². The molecule has 2 rings (SSSR count). The highest BCUT2D eigenvalue weighted by Crippen LogP contribution is 2.33. The number of methoxy groups -OCH3 is 1. The van der Waals surface area contributed by atoms with Crippen molar-refractivity contribution in [2.24, 2.45) is 0 Å². The third-order valence-electron chi connectivity index (χ3n) is 3.40. The molecule has 1 aromatic heterocycles. The molecule has 1 aromatic carbocycles. The maximum atomic E-state index is 14.3. The normalized spacial score (nSPS) is 12.4. The minimum absolute atomic E-state index is 0.108. The average Bonchev–Trinajstić information content (AvgIpc) is 2.76. The van der Waals surface area contributed by atoms with Crippen LogP contribution in [0.25, 0.3) is 0 Å². The standard InChI is InChI=1S/C16H20FNOS/c1-5-18-16(15-8-10(2)11(3)20-15)13-7-6-12(19-4)9-14(13)17/h6-9,16,18H,5H2,1-4H3. The lowest BCUT2D eigenvalue weighted by atomic mass is 10.0. The molecule has 4 heteroatoms. The third kappa shape index (κ3) is 3.02. The molecule has 20 heavy (non-hydrogen) atoms. The van der Waals surface area contributed by atoms with Crippen LogP contribution >= 0.6 is 11.3 Å². The van der Waals surface area contributed by atoms with E-state index in [2.05, 4.69) is 25.2 Å². The van der Waals surface area contributed by atoms with Crippen LogP contribution in [0.4, 0.5) is 4.39 Å². The number of nitrogens with one attached hydrogen (secondary N) is 1. The summed E-state index contributed by atoms with van der Waals surface area (Å²) in [6.07, 6.45) is 0. The molecule has 0 aliphatic heterocycles. The second kappa shape index (κ2) is 6.37. The second-order valence-electron chi connectivity index (χ2n) is 4.77. The summed E-state index contributed by atoms with van der Waals surface area (Å²) in [4.78, 5) is 2.42.